The second kappa shape index (κ2) is 11.9. The summed E-state index contributed by atoms with van der Waals surface area (Å²) in [5, 5.41) is 0. The summed E-state index contributed by atoms with van der Waals surface area (Å²) in [6.07, 6.45) is 1.10. The Bertz CT molecular complexity index is 96.8. The Balaban J connectivity index is 0. The standard InChI is InChI=1S/C6H6.C3H9N.CH4/c1-2-4-6-5-3-1;1-2-3-4;/h1-6H;2-4H2,1H3;1H4. The quantitative estimate of drug-likeness (QED) is 0.659. The van der Waals surface area contributed by atoms with Crippen molar-refractivity contribution >= 4 is 0 Å². The maximum atomic E-state index is 5.03. The van der Waals surface area contributed by atoms with Gasteiger partial charge in [0.05, 0.1) is 0 Å². The van der Waals surface area contributed by atoms with E-state index < -0.39 is 0 Å². The van der Waals surface area contributed by atoms with E-state index in [0.717, 1.165) is 13.0 Å². The maximum absolute atomic E-state index is 5.03. The summed E-state index contributed by atoms with van der Waals surface area (Å²) in [7, 11) is 0. The zero-order valence-corrected chi connectivity index (χ0v) is 6.46. The van der Waals surface area contributed by atoms with Crippen LogP contribution in [-0.4, -0.2) is 6.54 Å². The van der Waals surface area contributed by atoms with Crippen molar-refractivity contribution in [3.8, 4) is 0 Å². The van der Waals surface area contributed by atoms with Crippen molar-refractivity contribution in [3.63, 3.8) is 0 Å². The van der Waals surface area contributed by atoms with Gasteiger partial charge >= 0.3 is 0 Å². The van der Waals surface area contributed by atoms with Gasteiger partial charge in [-0.3, -0.25) is 0 Å². The Morgan fingerprint density at radius 2 is 1.09 bits per heavy atom. The molecule has 0 aliphatic rings. The van der Waals surface area contributed by atoms with Crippen LogP contribution >= 0.6 is 0 Å². The van der Waals surface area contributed by atoms with E-state index >= 15 is 0 Å². The average molecular weight is 153 g/mol. The fourth-order valence-corrected chi connectivity index (χ4v) is 0.385. The van der Waals surface area contributed by atoms with Crippen LogP contribution in [0.15, 0.2) is 36.4 Å². The Morgan fingerprint density at radius 3 is 1.18 bits per heavy atom. The normalized spacial score (nSPS) is 7.09. The predicted octanol–water partition coefficient (Wildman–Crippen LogP) is 2.68. The summed E-state index contributed by atoms with van der Waals surface area (Å²) in [4.78, 5) is 0. The minimum atomic E-state index is 0. The van der Waals surface area contributed by atoms with Crippen molar-refractivity contribution in [2.24, 2.45) is 5.73 Å². The molecule has 0 bridgehead atoms. The lowest BCUT2D eigenvalue weighted by atomic mass is 10.4. The Kier molecular flexibility index (Phi) is 13.9. The van der Waals surface area contributed by atoms with Gasteiger partial charge in [-0.25, -0.2) is 0 Å². The lowest BCUT2D eigenvalue weighted by molar-refractivity contribution is 0.932. The third kappa shape index (κ3) is 12.4. The first kappa shape index (κ1) is 12.8. The molecule has 0 saturated heterocycles. The molecule has 0 spiro atoms. The molecule has 11 heavy (non-hydrogen) atoms. The Hall–Kier alpha value is -0.820. The monoisotopic (exact) mass is 153 g/mol. The van der Waals surface area contributed by atoms with Crippen LogP contribution < -0.4 is 5.73 Å². The van der Waals surface area contributed by atoms with Gasteiger partial charge in [-0.05, 0) is 13.0 Å². The average Bonchev–Trinajstić information content (AvgIpc) is 2.08. The minimum Gasteiger partial charge on any atom is -0.330 e. The predicted molar refractivity (Wildman–Crippen MR) is 52.5 cm³/mol. The molecule has 0 amide bonds. The van der Waals surface area contributed by atoms with Crippen molar-refractivity contribution in [1.82, 2.24) is 0 Å². The number of hydrogen-bond donors (Lipinski definition) is 1. The van der Waals surface area contributed by atoms with Gasteiger partial charge in [0.25, 0.3) is 0 Å². The second-order valence-corrected chi connectivity index (χ2v) is 1.94. The van der Waals surface area contributed by atoms with Crippen LogP contribution in [0.3, 0.4) is 0 Å². The highest BCUT2D eigenvalue weighted by atomic mass is 14.5. The molecule has 0 aliphatic carbocycles. The van der Waals surface area contributed by atoms with Crippen molar-refractivity contribution in [2.75, 3.05) is 6.54 Å². The van der Waals surface area contributed by atoms with Gasteiger partial charge in [-0.15, -0.1) is 0 Å². The van der Waals surface area contributed by atoms with E-state index in [4.69, 9.17) is 5.73 Å². The highest BCUT2D eigenvalue weighted by Crippen LogP contribution is 1.79. The summed E-state index contributed by atoms with van der Waals surface area (Å²) < 4.78 is 0. The SMILES string of the molecule is C.CCCN.c1ccccc1. The fourth-order valence-electron chi connectivity index (χ4n) is 0.385. The van der Waals surface area contributed by atoms with Crippen LogP contribution in [0.1, 0.15) is 20.8 Å². The summed E-state index contributed by atoms with van der Waals surface area (Å²) in [6.45, 7) is 2.88. The number of hydrogen-bond acceptors (Lipinski definition) is 1. The number of benzene rings is 1. The van der Waals surface area contributed by atoms with Gasteiger partial charge in [-0.2, -0.15) is 0 Å². The molecule has 0 radical (unpaired) electrons. The van der Waals surface area contributed by atoms with Gasteiger partial charge in [-0.1, -0.05) is 50.7 Å². The first-order valence-corrected chi connectivity index (χ1v) is 3.62. The van der Waals surface area contributed by atoms with E-state index in [0.29, 0.717) is 0 Å². The summed E-state index contributed by atoms with van der Waals surface area (Å²) in [6, 6.07) is 12.0. The molecule has 0 saturated carbocycles. The Labute approximate surface area is 70.2 Å². The molecule has 1 aromatic rings. The molecule has 1 heteroatoms. The third-order valence-corrected chi connectivity index (χ3v) is 0.955. The van der Waals surface area contributed by atoms with Gasteiger partial charge in [0.15, 0.2) is 0 Å². The van der Waals surface area contributed by atoms with Crippen molar-refractivity contribution in [1.29, 1.82) is 0 Å². The van der Waals surface area contributed by atoms with Gasteiger partial charge in [0.1, 0.15) is 0 Å². The van der Waals surface area contributed by atoms with Crippen LogP contribution in [0.4, 0.5) is 0 Å². The van der Waals surface area contributed by atoms with E-state index in [1.165, 1.54) is 0 Å². The van der Waals surface area contributed by atoms with Crippen molar-refractivity contribution in [2.45, 2.75) is 20.8 Å². The van der Waals surface area contributed by atoms with E-state index in [2.05, 4.69) is 6.92 Å². The highest BCUT2D eigenvalue weighted by molar-refractivity contribution is 4.99. The topological polar surface area (TPSA) is 26.0 Å². The second-order valence-electron chi connectivity index (χ2n) is 1.94. The van der Waals surface area contributed by atoms with Crippen LogP contribution in [0.25, 0.3) is 0 Å². The number of rotatable bonds is 1. The fraction of sp³-hybridized carbons (Fsp3) is 0.400. The van der Waals surface area contributed by atoms with Crippen LogP contribution in [-0.2, 0) is 0 Å². The van der Waals surface area contributed by atoms with Gasteiger partial charge in [0, 0.05) is 0 Å². The smallest absolute Gasteiger partial charge is 0.00799 e. The summed E-state index contributed by atoms with van der Waals surface area (Å²) >= 11 is 0. The van der Waals surface area contributed by atoms with Crippen molar-refractivity contribution < 1.29 is 0 Å². The highest BCUT2D eigenvalue weighted by Gasteiger charge is 1.57. The Morgan fingerprint density at radius 1 is 0.909 bits per heavy atom. The first-order chi connectivity index (χ1) is 4.91. The van der Waals surface area contributed by atoms with Crippen LogP contribution in [0.5, 0.6) is 0 Å². The minimum absolute atomic E-state index is 0. The molecule has 0 heterocycles. The molecule has 0 aromatic heterocycles. The van der Waals surface area contributed by atoms with E-state index in [-0.39, 0.29) is 7.43 Å². The van der Waals surface area contributed by atoms with E-state index in [9.17, 15) is 0 Å². The molecule has 0 fully saturated rings. The molecule has 0 unspecified atom stereocenters. The largest absolute Gasteiger partial charge is 0.330 e. The maximum Gasteiger partial charge on any atom is -0.00799 e. The van der Waals surface area contributed by atoms with Crippen LogP contribution in [0, 0.1) is 0 Å². The van der Waals surface area contributed by atoms with Crippen molar-refractivity contribution in [3.05, 3.63) is 36.4 Å². The van der Waals surface area contributed by atoms with Gasteiger partial charge in [0.2, 0.25) is 0 Å². The zero-order chi connectivity index (χ0) is 7.66. The molecule has 0 atom stereocenters. The molecule has 0 aliphatic heterocycles. The number of nitrogens with two attached hydrogens (primary N) is 1. The lowest BCUT2D eigenvalue weighted by Gasteiger charge is -1.70. The first-order valence-electron chi connectivity index (χ1n) is 3.62. The summed E-state index contributed by atoms with van der Waals surface area (Å²) in [5.74, 6) is 0. The zero-order valence-electron chi connectivity index (χ0n) is 6.46. The molecule has 64 valence electrons. The van der Waals surface area contributed by atoms with Gasteiger partial charge < -0.3 is 5.73 Å². The summed E-state index contributed by atoms with van der Waals surface area (Å²) in [5.41, 5.74) is 5.03. The molecule has 1 aromatic carbocycles. The molecule has 2 N–H and O–H groups in total. The molecular formula is C10H19N. The molecule has 1 nitrogen and oxygen atoms in total. The third-order valence-electron chi connectivity index (χ3n) is 0.955. The molecular weight excluding hydrogens is 134 g/mol. The van der Waals surface area contributed by atoms with Crippen LogP contribution in [0.2, 0.25) is 0 Å². The van der Waals surface area contributed by atoms with E-state index in [1.807, 2.05) is 36.4 Å². The van der Waals surface area contributed by atoms with E-state index in [1.54, 1.807) is 0 Å². The lowest BCUT2D eigenvalue weighted by Crippen LogP contribution is -1.93. The molecule has 1 rings (SSSR count).